The Bertz CT molecular complexity index is 591. The molecule has 0 bridgehead atoms. The number of rotatable bonds is 5. The molecule has 0 radical (unpaired) electrons. The molecule has 0 amide bonds. The third-order valence-electron chi connectivity index (χ3n) is 2.44. The van der Waals surface area contributed by atoms with Gasteiger partial charge in [-0.15, -0.1) is 0 Å². The summed E-state index contributed by atoms with van der Waals surface area (Å²) in [6.07, 6.45) is 0.917. The zero-order valence-corrected chi connectivity index (χ0v) is 11.5. The van der Waals surface area contributed by atoms with Crippen LogP contribution in [0, 0.1) is 0 Å². The Hall–Kier alpha value is -1.49. The van der Waals surface area contributed by atoms with Crippen LogP contribution in [0.1, 0.15) is 6.42 Å². The molecule has 0 aliphatic carbocycles. The summed E-state index contributed by atoms with van der Waals surface area (Å²) in [5.41, 5.74) is 0.0349. The standard InChI is InChI=1S/C13H13BrO4/c1-16-11-8-13(15)18-12-7-9(3-4-10(11)12)17-6-2-5-14/h3-4,7-8H,2,5-6H2,1H3. The van der Waals surface area contributed by atoms with Crippen molar-refractivity contribution in [1.29, 1.82) is 0 Å². The second kappa shape index (κ2) is 5.91. The Morgan fingerprint density at radius 1 is 1.33 bits per heavy atom. The molecule has 0 unspecified atom stereocenters. The van der Waals surface area contributed by atoms with Crippen LogP contribution in [-0.4, -0.2) is 19.0 Å². The van der Waals surface area contributed by atoms with Crippen LogP contribution in [0.2, 0.25) is 0 Å². The number of methoxy groups -OCH3 is 1. The molecule has 5 heteroatoms. The lowest BCUT2D eigenvalue weighted by molar-refractivity contribution is 0.319. The van der Waals surface area contributed by atoms with Crippen LogP contribution < -0.4 is 15.1 Å². The van der Waals surface area contributed by atoms with E-state index in [0.29, 0.717) is 23.7 Å². The van der Waals surface area contributed by atoms with Gasteiger partial charge in [-0.1, -0.05) is 15.9 Å². The molecule has 0 fully saturated rings. The molecule has 0 atom stereocenters. The van der Waals surface area contributed by atoms with E-state index >= 15 is 0 Å². The molecule has 0 saturated heterocycles. The smallest absolute Gasteiger partial charge is 0.339 e. The molecule has 1 aromatic heterocycles. The summed E-state index contributed by atoms with van der Waals surface area (Å²) >= 11 is 3.33. The van der Waals surface area contributed by atoms with E-state index in [4.69, 9.17) is 13.9 Å². The van der Waals surface area contributed by atoms with Crippen LogP contribution in [0.15, 0.2) is 33.5 Å². The molecular formula is C13H13BrO4. The van der Waals surface area contributed by atoms with Crippen molar-refractivity contribution in [3.8, 4) is 11.5 Å². The number of hydrogen-bond acceptors (Lipinski definition) is 4. The van der Waals surface area contributed by atoms with Crippen LogP contribution in [0.4, 0.5) is 0 Å². The third-order valence-corrected chi connectivity index (χ3v) is 3.01. The van der Waals surface area contributed by atoms with Crippen molar-refractivity contribution in [2.24, 2.45) is 0 Å². The fourth-order valence-electron chi connectivity index (χ4n) is 1.62. The van der Waals surface area contributed by atoms with Gasteiger partial charge in [0.2, 0.25) is 0 Å². The van der Waals surface area contributed by atoms with Crippen molar-refractivity contribution in [2.45, 2.75) is 6.42 Å². The van der Waals surface area contributed by atoms with E-state index in [1.54, 1.807) is 6.07 Å². The highest BCUT2D eigenvalue weighted by Gasteiger charge is 2.07. The molecule has 0 aliphatic heterocycles. The predicted octanol–water partition coefficient (Wildman–Crippen LogP) is 2.97. The van der Waals surface area contributed by atoms with Crippen molar-refractivity contribution < 1.29 is 13.9 Å². The number of fused-ring (bicyclic) bond motifs is 1. The molecule has 0 aliphatic rings. The molecule has 0 spiro atoms. The van der Waals surface area contributed by atoms with Crippen molar-refractivity contribution in [1.82, 2.24) is 0 Å². The summed E-state index contributed by atoms with van der Waals surface area (Å²) in [5.74, 6) is 1.19. The second-order valence-electron chi connectivity index (χ2n) is 3.68. The fourth-order valence-corrected chi connectivity index (χ4v) is 1.85. The van der Waals surface area contributed by atoms with E-state index in [1.165, 1.54) is 13.2 Å². The van der Waals surface area contributed by atoms with Crippen LogP contribution in [0.3, 0.4) is 0 Å². The van der Waals surface area contributed by atoms with E-state index < -0.39 is 5.63 Å². The van der Waals surface area contributed by atoms with E-state index in [9.17, 15) is 4.79 Å². The molecule has 96 valence electrons. The van der Waals surface area contributed by atoms with Crippen LogP contribution in [-0.2, 0) is 0 Å². The van der Waals surface area contributed by atoms with Gasteiger partial charge >= 0.3 is 5.63 Å². The van der Waals surface area contributed by atoms with Gasteiger partial charge in [0, 0.05) is 11.4 Å². The van der Waals surface area contributed by atoms with Gasteiger partial charge in [0.25, 0.3) is 0 Å². The Kier molecular flexibility index (Phi) is 4.25. The molecule has 2 aromatic rings. The van der Waals surface area contributed by atoms with Crippen molar-refractivity contribution in [3.05, 3.63) is 34.7 Å². The van der Waals surface area contributed by atoms with E-state index in [0.717, 1.165) is 17.1 Å². The van der Waals surface area contributed by atoms with Crippen LogP contribution in [0.25, 0.3) is 11.0 Å². The van der Waals surface area contributed by atoms with Crippen molar-refractivity contribution in [2.75, 3.05) is 19.0 Å². The van der Waals surface area contributed by atoms with Gasteiger partial charge in [-0.3, -0.25) is 0 Å². The fraction of sp³-hybridized carbons (Fsp3) is 0.308. The highest BCUT2D eigenvalue weighted by molar-refractivity contribution is 9.09. The Labute approximate surface area is 113 Å². The summed E-state index contributed by atoms with van der Waals surface area (Å²) < 4.78 is 15.8. The summed E-state index contributed by atoms with van der Waals surface area (Å²) in [4.78, 5) is 11.3. The minimum Gasteiger partial charge on any atom is -0.496 e. The maximum Gasteiger partial charge on any atom is 0.339 e. The monoisotopic (exact) mass is 312 g/mol. The first kappa shape index (κ1) is 13.0. The number of halogens is 1. The van der Waals surface area contributed by atoms with Crippen LogP contribution >= 0.6 is 15.9 Å². The van der Waals surface area contributed by atoms with E-state index in [-0.39, 0.29) is 0 Å². The SMILES string of the molecule is COc1cc(=O)oc2cc(OCCCBr)ccc12. The molecular weight excluding hydrogens is 300 g/mol. The first-order valence-corrected chi connectivity index (χ1v) is 6.67. The third kappa shape index (κ3) is 2.85. The quantitative estimate of drug-likeness (QED) is 0.484. The molecule has 4 nitrogen and oxygen atoms in total. The predicted molar refractivity (Wildman–Crippen MR) is 72.9 cm³/mol. The number of alkyl halides is 1. The summed E-state index contributed by atoms with van der Waals surface area (Å²) in [5, 5.41) is 1.65. The zero-order valence-electron chi connectivity index (χ0n) is 9.94. The lowest BCUT2D eigenvalue weighted by atomic mass is 10.2. The average molecular weight is 313 g/mol. The zero-order chi connectivity index (χ0) is 13.0. The minimum atomic E-state index is -0.433. The van der Waals surface area contributed by atoms with Gasteiger partial charge in [-0.2, -0.15) is 0 Å². The highest BCUT2D eigenvalue weighted by atomic mass is 79.9. The van der Waals surface area contributed by atoms with Gasteiger partial charge in [0.05, 0.1) is 25.2 Å². The molecule has 0 N–H and O–H groups in total. The van der Waals surface area contributed by atoms with Crippen molar-refractivity contribution in [3.63, 3.8) is 0 Å². The second-order valence-corrected chi connectivity index (χ2v) is 4.48. The number of ether oxygens (including phenoxy) is 2. The molecule has 1 heterocycles. The van der Waals surface area contributed by atoms with E-state index in [2.05, 4.69) is 15.9 Å². The normalized spacial score (nSPS) is 10.6. The number of hydrogen-bond donors (Lipinski definition) is 0. The van der Waals surface area contributed by atoms with Gasteiger partial charge < -0.3 is 13.9 Å². The highest BCUT2D eigenvalue weighted by Crippen LogP contribution is 2.26. The lowest BCUT2D eigenvalue weighted by Gasteiger charge is -2.07. The summed E-state index contributed by atoms with van der Waals surface area (Å²) in [6.45, 7) is 0.616. The maximum absolute atomic E-state index is 11.3. The minimum absolute atomic E-state index is 0.433. The van der Waals surface area contributed by atoms with Crippen LogP contribution in [0.5, 0.6) is 11.5 Å². The van der Waals surface area contributed by atoms with E-state index in [1.807, 2.05) is 12.1 Å². The molecule has 2 rings (SSSR count). The maximum atomic E-state index is 11.3. The Balaban J connectivity index is 2.36. The Morgan fingerprint density at radius 2 is 2.17 bits per heavy atom. The molecule has 18 heavy (non-hydrogen) atoms. The van der Waals surface area contributed by atoms with Crippen molar-refractivity contribution >= 4 is 26.9 Å². The largest absolute Gasteiger partial charge is 0.496 e. The van der Waals surface area contributed by atoms with Gasteiger partial charge in [-0.25, -0.2) is 4.79 Å². The lowest BCUT2D eigenvalue weighted by Crippen LogP contribution is -2.00. The average Bonchev–Trinajstić information content (AvgIpc) is 2.37. The topological polar surface area (TPSA) is 48.7 Å². The van der Waals surface area contributed by atoms with Gasteiger partial charge in [0.1, 0.15) is 17.1 Å². The first-order valence-electron chi connectivity index (χ1n) is 5.55. The first-order chi connectivity index (χ1) is 8.74. The molecule has 0 saturated carbocycles. The summed E-state index contributed by atoms with van der Waals surface area (Å²) in [7, 11) is 1.52. The summed E-state index contributed by atoms with van der Waals surface area (Å²) in [6, 6.07) is 6.68. The Morgan fingerprint density at radius 3 is 2.89 bits per heavy atom. The molecule has 1 aromatic carbocycles. The van der Waals surface area contributed by atoms with Gasteiger partial charge in [-0.05, 0) is 18.6 Å². The van der Waals surface area contributed by atoms with Gasteiger partial charge in [0.15, 0.2) is 0 Å². The number of benzene rings is 1.